The summed E-state index contributed by atoms with van der Waals surface area (Å²) in [6.07, 6.45) is 0. The lowest BCUT2D eigenvalue weighted by atomic mass is 10.4. The van der Waals surface area contributed by atoms with Crippen molar-refractivity contribution in [2.24, 2.45) is 0 Å². The SMILES string of the molecule is Cc1ccc2ccc(C#N)n2n1. The predicted octanol–water partition coefficient (Wildman–Crippen LogP) is 1.51. The lowest BCUT2D eigenvalue weighted by Crippen LogP contribution is -1.95. The summed E-state index contributed by atoms with van der Waals surface area (Å²) in [5, 5.41) is 12.9. The summed E-state index contributed by atoms with van der Waals surface area (Å²) in [6.45, 7) is 1.90. The number of aryl methyl sites for hydroxylation is 1. The van der Waals surface area contributed by atoms with Crippen LogP contribution in [-0.2, 0) is 0 Å². The molecule has 0 fully saturated rings. The number of fused-ring (bicyclic) bond motifs is 1. The molecule has 2 heterocycles. The Morgan fingerprint density at radius 2 is 2.08 bits per heavy atom. The zero-order chi connectivity index (χ0) is 8.55. The number of aromatic nitrogens is 2. The van der Waals surface area contributed by atoms with Crippen molar-refractivity contribution in [2.45, 2.75) is 6.92 Å². The van der Waals surface area contributed by atoms with Gasteiger partial charge in [-0.2, -0.15) is 10.4 Å². The van der Waals surface area contributed by atoms with Crippen LogP contribution in [0.3, 0.4) is 0 Å². The van der Waals surface area contributed by atoms with Gasteiger partial charge >= 0.3 is 0 Å². The number of rotatable bonds is 0. The summed E-state index contributed by atoms with van der Waals surface area (Å²) in [5.74, 6) is 0. The van der Waals surface area contributed by atoms with E-state index in [9.17, 15) is 0 Å². The van der Waals surface area contributed by atoms with E-state index in [-0.39, 0.29) is 0 Å². The Bertz CT molecular complexity index is 462. The maximum atomic E-state index is 8.70. The maximum Gasteiger partial charge on any atom is 0.142 e. The number of nitriles is 1. The molecule has 0 spiro atoms. The van der Waals surface area contributed by atoms with E-state index in [1.165, 1.54) is 0 Å². The average molecular weight is 157 g/mol. The minimum atomic E-state index is 0.578. The second-order valence-corrected chi connectivity index (χ2v) is 2.64. The zero-order valence-electron chi connectivity index (χ0n) is 6.65. The average Bonchev–Trinajstić information content (AvgIpc) is 2.46. The van der Waals surface area contributed by atoms with Crippen molar-refractivity contribution >= 4 is 5.52 Å². The molecule has 2 rings (SSSR count). The normalized spacial score (nSPS) is 10.0. The fourth-order valence-electron chi connectivity index (χ4n) is 1.16. The van der Waals surface area contributed by atoms with Gasteiger partial charge in [-0.05, 0) is 31.2 Å². The maximum absolute atomic E-state index is 8.70. The molecule has 12 heavy (non-hydrogen) atoms. The van der Waals surface area contributed by atoms with Gasteiger partial charge in [-0.25, -0.2) is 4.52 Å². The van der Waals surface area contributed by atoms with Crippen LogP contribution in [0.5, 0.6) is 0 Å². The summed E-state index contributed by atoms with van der Waals surface area (Å²) in [7, 11) is 0. The topological polar surface area (TPSA) is 41.1 Å². The first-order valence-electron chi connectivity index (χ1n) is 3.67. The standard InChI is InChI=1S/C9H7N3/c1-7-2-3-8-4-5-9(6-10)12(8)11-7/h2-5H,1H3. The van der Waals surface area contributed by atoms with E-state index in [2.05, 4.69) is 11.2 Å². The Kier molecular flexibility index (Phi) is 1.34. The first kappa shape index (κ1) is 6.86. The third-order valence-electron chi connectivity index (χ3n) is 1.75. The van der Waals surface area contributed by atoms with Crippen molar-refractivity contribution in [2.75, 3.05) is 0 Å². The Labute approximate surface area is 69.9 Å². The van der Waals surface area contributed by atoms with Gasteiger partial charge in [-0.3, -0.25) is 0 Å². The molecule has 3 heteroatoms. The van der Waals surface area contributed by atoms with Crippen molar-refractivity contribution in [3.8, 4) is 6.07 Å². The lowest BCUT2D eigenvalue weighted by Gasteiger charge is -1.95. The molecule has 0 aliphatic rings. The van der Waals surface area contributed by atoms with E-state index in [1.54, 1.807) is 10.6 Å². The van der Waals surface area contributed by atoms with Crippen molar-refractivity contribution in [3.05, 3.63) is 35.7 Å². The highest BCUT2D eigenvalue weighted by Crippen LogP contribution is 2.07. The Balaban J connectivity index is 2.86. The highest BCUT2D eigenvalue weighted by molar-refractivity contribution is 5.50. The van der Waals surface area contributed by atoms with Crippen LogP contribution >= 0.6 is 0 Å². The summed E-state index contributed by atoms with van der Waals surface area (Å²) >= 11 is 0. The summed E-state index contributed by atoms with van der Waals surface area (Å²) in [4.78, 5) is 0. The predicted molar refractivity (Wildman–Crippen MR) is 44.6 cm³/mol. The van der Waals surface area contributed by atoms with Crippen molar-refractivity contribution < 1.29 is 0 Å². The van der Waals surface area contributed by atoms with Gasteiger partial charge in [0.15, 0.2) is 0 Å². The van der Waals surface area contributed by atoms with Gasteiger partial charge < -0.3 is 0 Å². The van der Waals surface area contributed by atoms with E-state index in [0.29, 0.717) is 5.69 Å². The molecule has 0 unspecified atom stereocenters. The van der Waals surface area contributed by atoms with Gasteiger partial charge in [0.25, 0.3) is 0 Å². The molecule has 0 N–H and O–H groups in total. The van der Waals surface area contributed by atoms with Crippen LogP contribution in [0.2, 0.25) is 0 Å². The first-order chi connectivity index (χ1) is 5.81. The van der Waals surface area contributed by atoms with Crippen LogP contribution in [0.4, 0.5) is 0 Å². The minimum Gasteiger partial charge on any atom is -0.223 e. The molecule has 0 atom stereocenters. The van der Waals surface area contributed by atoms with Crippen LogP contribution in [0.15, 0.2) is 24.3 Å². The number of hydrogen-bond donors (Lipinski definition) is 0. The molecule has 3 nitrogen and oxygen atoms in total. The second-order valence-electron chi connectivity index (χ2n) is 2.64. The number of hydrogen-bond acceptors (Lipinski definition) is 2. The molecule has 0 aromatic carbocycles. The van der Waals surface area contributed by atoms with E-state index in [1.807, 2.05) is 25.1 Å². The van der Waals surface area contributed by atoms with Crippen LogP contribution < -0.4 is 0 Å². The molecule has 0 bridgehead atoms. The van der Waals surface area contributed by atoms with Gasteiger partial charge in [-0.15, -0.1) is 0 Å². The molecule has 0 aliphatic heterocycles. The second kappa shape index (κ2) is 2.35. The molecule has 0 amide bonds. The third kappa shape index (κ3) is 0.857. The molecular weight excluding hydrogens is 150 g/mol. The van der Waals surface area contributed by atoms with E-state index in [4.69, 9.17) is 5.26 Å². The largest absolute Gasteiger partial charge is 0.223 e. The fourth-order valence-corrected chi connectivity index (χ4v) is 1.16. The smallest absolute Gasteiger partial charge is 0.142 e. The first-order valence-corrected chi connectivity index (χ1v) is 3.67. The van der Waals surface area contributed by atoms with Crippen LogP contribution in [-0.4, -0.2) is 9.61 Å². The number of nitrogens with zero attached hydrogens (tertiary/aromatic N) is 3. The fraction of sp³-hybridized carbons (Fsp3) is 0.111. The molecular formula is C9H7N3. The molecule has 0 radical (unpaired) electrons. The Morgan fingerprint density at radius 3 is 2.83 bits per heavy atom. The van der Waals surface area contributed by atoms with Gasteiger partial charge in [-0.1, -0.05) is 0 Å². The quantitative estimate of drug-likeness (QED) is 0.581. The molecule has 0 saturated carbocycles. The van der Waals surface area contributed by atoms with Crippen LogP contribution in [0.25, 0.3) is 5.52 Å². The molecule has 0 saturated heterocycles. The van der Waals surface area contributed by atoms with Gasteiger partial charge in [0.1, 0.15) is 11.8 Å². The molecule has 2 aromatic heterocycles. The van der Waals surface area contributed by atoms with Crippen molar-refractivity contribution in [3.63, 3.8) is 0 Å². The lowest BCUT2D eigenvalue weighted by molar-refractivity contribution is 0.892. The minimum absolute atomic E-state index is 0.578. The van der Waals surface area contributed by atoms with Gasteiger partial charge in [0.05, 0.1) is 11.2 Å². The summed E-state index contributed by atoms with van der Waals surface area (Å²) in [5.41, 5.74) is 2.45. The third-order valence-corrected chi connectivity index (χ3v) is 1.75. The van der Waals surface area contributed by atoms with E-state index < -0.39 is 0 Å². The van der Waals surface area contributed by atoms with Gasteiger partial charge in [0, 0.05) is 0 Å². The Morgan fingerprint density at radius 1 is 1.33 bits per heavy atom. The van der Waals surface area contributed by atoms with E-state index in [0.717, 1.165) is 11.2 Å². The highest BCUT2D eigenvalue weighted by atomic mass is 15.2. The van der Waals surface area contributed by atoms with Crippen molar-refractivity contribution in [1.29, 1.82) is 5.26 Å². The van der Waals surface area contributed by atoms with Crippen molar-refractivity contribution in [1.82, 2.24) is 9.61 Å². The highest BCUT2D eigenvalue weighted by Gasteiger charge is 1.99. The summed E-state index contributed by atoms with van der Waals surface area (Å²) in [6, 6.07) is 9.60. The Hall–Kier alpha value is -1.82. The molecule has 2 aromatic rings. The van der Waals surface area contributed by atoms with Crippen LogP contribution in [0.1, 0.15) is 11.4 Å². The molecule has 58 valence electrons. The van der Waals surface area contributed by atoms with E-state index >= 15 is 0 Å². The van der Waals surface area contributed by atoms with Crippen LogP contribution in [0, 0.1) is 18.3 Å². The van der Waals surface area contributed by atoms with Gasteiger partial charge in [0.2, 0.25) is 0 Å². The monoisotopic (exact) mass is 157 g/mol. The molecule has 0 aliphatic carbocycles. The zero-order valence-corrected chi connectivity index (χ0v) is 6.65. The summed E-state index contributed by atoms with van der Waals surface area (Å²) < 4.78 is 1.65.